The van der Waals surface area contributed by atoms with Gasteiger partial charge >= 0.3 is 0 Å². The molecule has 2 N–H and O–H groups in total. The zero-order valence-corrected chi connectivity index (χ0v) is 20.0. The summed E-state index contributed by atoms with van der Waals surface area (Å²) in [6.45, 7) is 4.73. The van der Waals surface area contributed by atoms with E-state index in [1.54, 1.807) is 18.7 Å². The van der Waals surface area contributed by atoms with Crippen LogP contribution in [0.25, 0.3) is 0 Å². The van der Waals surface area contributed by atoms with Gasteiger partial charge < -0.3 is 15.2 Å². The normalized spacial score (nSPS) is 17.8. The number of benzene rings is 1. The molecule has 0 radical (unpaired) electrons. The number of piperidine rings is 1. The summed E-state index contributed by atoms with van der Waals surface area (Å²) < 4.78 is 55.4. The molecule has 0 bridgehead atoms. The molecule has 3 heterocycles. The predicted octanol–water partition coefficient (Wildman–Crippen LogP) is 3.19. The quantitative estimate of drug-likeness (QED) is 0.667. The molecule has 0 aliphatic carbocycles. The number of anilines is 1. The van der Waals surface area contributed by atoms with Crippen molar-refractivity contribution in [2.75, 3.05) is 31.5 Å². The fraction of sp³-hybridized carbons (Fsp3) is 0.478. The number of aromatic amines is 1. The Labute approximate surface area is 197 Å². The Morgan fingerprint density at radius 2 is 1.68 bits per heavy atom. The highest BCUT2D eigenvalue weighted by molar-refractivity contribution is 7.89. The Morgan fingerprint density at radius 3 is 2.29 bits per heavy atom. The number of halogens is 2. The summed E-state index contributed by atoms with van der Waals surface area (Å²) in [7, 11) is -3.98. The summed E-state index contributed by atoms with van der Waals surface area (Å²) in [6.07, 6.45) is 2.28. The van der Waals surface area contributed by atoms with Crippen LogP contribution < -0.4 is 5.32 Å². The second kappa shape index (κ2) is 9.46. The Morgan fingerprint density at radius 1 is 1.03 bits per heavy atom. The molecule has 2 aliphatic heterocycles. The van der Waals surface area contributed by atoms with E-state index < -0.39 is 33.5 Å². The molecular weight excluding hydrogens is 466 g/mol. The van der Waals surface area contributed by atoms with Crippen molar-refractivity contribution >= 4 is 27.5 Å². The summed E-state index contributed by atoms with van der Waals surface area (Å²) in [4.78, 5) is 30.4. The van der Waals surface area contributed by atoms with Crippen LogP contribution in [0.1, 0.15) is 47.4 Å². The zero-order valence-electron chi connectivity index (χ0n) is 19.2. The fourth-order valence-corrected chi connectivity index (χ4v) is 6.62. The Bertz CT molecular complexity index is 1210. The number of nitrogens with zero attached hydrogens (tertiary/aromatic N) is 2. The highest BCUT2D eigenvalue weighted by Gasteiger charge is 2.38. The molecule has 2 aliphatic rings. The van der Waals surface area contributed by atoms with E-state index in [1.807, 2.05) is 0 Å². The number of hydrogen-bond donors (Lipinski definition) is 2. The van der Waals surface area contributed by atoms with Crippen LogP contribution in [0, 0.1) is 31.4 Å². The number of hydrogen-bond acceptors (Lipinski definition) is 4. The molecule has 1 aromatic carbocycles. The molecule has 11 heteroatoms. The van der Waals surface area contributed by atoms with Gasteiger partial charge in [0.2, 0.25) is 15.9 Å². The van der Waals surface area contributed by atoms with E-state index in [-0.39, 0.29) is 48.0 Å². The van der Waals surface area contributed by atoms with Crippen molar-refractivity contribution in [2.45, 2.75) is 44.4 Å². The van der Waals surface area contributed by atoms with Crippen LogP contribution in [-0.4, -0.2) is 60.6 Å². The molecule has 1 aromatic heterocycles. The third-order valence-electron chi connectivity index (χ3n) is 6.54. The highest BCUT2D eigenvalue weighted by Crippen LogP contribution is 2.32. The van der Waals surface area contributed by atoms with Gasteiger partial charge in [0.25, 0.3) is 5.91 Å². The largest absolute Gasteiger partial charge is 0.361 e. The zero-order chi connectivity index (χ0) is 24.6. The van der Waals surface area contributed by atoms with Gasteiger partial charge in [-0.2, -0.15) is 4.31 Å². The van der Waals surface area contributed by atoms with Crippen molar-refractivity contribution in [3.05, 3.63) is 46.8 Å². The van der Waals surface area contributed by atoms with Crippen molar-refractivity contribution in [3.8, 4) is 0 Å². The molecule has 2 fully saturated rings. The lowest BCUT2D eigenvalue weighted by Crippen LogP contribution is -2.42. The van der Waals surface area contributed by atoms with E-state index in [9.17, 15) is 26.8 Å². The lowest BCUT2D eigenvalue weighted by Gasteiger charge is -2.31. The number of likely N-dealkylation sites (tertiary alicyclic amines) is 1. The van der Waals surface area contributed by atoms with E-state index in [4.69, 9.17) is 0 Å². The first-order valence-electron chi connectivity index (χ1n) is 11.3. The Hall–Kier alpha value is -2.79. The van der Waals surface area contributed by atoms with Gasteiger partial charge in [0, 0.05) is 49.6 Å². The highest BCUT2D eigenvalue weighted by atomic mass is 32.2. The van der Waals surface area contributed by atoms with Crippen LogP contribution in [0.3, 0.4) is 0 Å². The second-order valence-corrected chi connectivity index (χ2v) is 10.7. The third-order valence-corrected chi connectivity index (χ3v) is 8.61. The number of aromatic nitrogens is 1. The van der Waals surface area contributed by atoms with Crippen molar-refractivity contribution < 1.29 is 26.8 Å². The van der Waals surface area contributed by atoms with Crippen molar-refractivity contribution in [1.82, 2.24) is 14.2 Å². The molecule has 8 nitrogen and oxygen atoms in total. The second-order valence-electron chi connectivity index (χ2n) is 8.87. The smallest absolute Gasteiger partial charge is 0.257 e. The molecule has 0 unspecified atom stereocenters. The molecule has 4 rings (SSSR count). The van der Waals surface area contributed by atoms with E-state index >= 15 is 0 Å². The maximum absolute atomic E-state index is 13.9. The van der Waals surface area contributed by atoms with Crippen LogP contribution in [0.5, 0.6) is 0 Å². The minimum absolute atomic E-state index is 0.00168. The fourth-order valence-electron chi connectivity index (χ4n) is 4.73. The average Bonchev–Trinajstić information content (AvgIpc) is 3.43. The lowest BCUT2D eigenvalue weighted by molar-refractivity contribution is -0.120. The van der Waals surface area contributed by atoms with E-state index in [2.05, 4.69) is 10.3 Å². The van der Waals surface area contributed by atoms with Gasteiger partial charge in [0.15, 0.2) is 0 Å². The first kappa shape index (κ1) is 24.3. The molecule has 0 spiro atoms. The summed E-state index contributed by atoms with van der Waals surface area (Å²) in [5.74, 6) is -2.86. The van der Waals surface area contributed by atoms with E-state index in [1.165, 1.54) is 4.31 Å². The van der Waals surface area contributed by atoms with Gasteiger partial charge in [-0.3, -0.25) is 9.59 Å². The first-order valence-corrected chi connectivity index (χ1v) is 12.8. The Balaban J connectivity index is 1.48. The van der Waals surface area contributed by atoms with Gasteiger partial charge in [-0.1, -0.05) is 0 Å². The molecule has 2 amide bonds. The number of carbonyl (C=O) groups is 2. The third kappa shape index (κ3) is 4.58. The van der Waals surface area contributed by atoms with Gasteiger partial charge in [-0.05, 0) is 51.7 Å². The molecular formula is C23H28F2N4O4S. The van der Waals surface area contributed by atoms with Gasteiger partial charge in [-0.15, -0.1) is 0 Å². The number of sulfonamides is 1. The number of amides is 2. The lowest BCUT2D eigenvalue weighted by atomic mass is 9.97. The van der Waals surface area contributed by atoms with Crippen molar-refractivity contribution in [2.24, 2.45) is 5.92 Å². The maximum atomic E-state index is 13.9. The minimum atomic E-state index is -3.98. The van der Waals surface area contributed by atoms with Crippen LogP contribution >= 0.6 is 0 Å². The molecule has 0 atom stereocenters. The summed E-state index contributed by atoms with van der Waals surface area (Å²) in [6, 6.07) is 2.89. The molecule has 0 saturated carbocycles. The summed E-state index contributed by atoms with van der Waals surface area (Å²) in [5.41, 5.74) is 0.992. The number of H-pyrrole nitrogens is 1. The maximum Gasteiger partial charge on any atom is 0.257 e. The summed E-state index contributed by atoms with van der Waals surface area (Å²) in [5, 5.41) is 2.46. The number of nitrogens with one attached hydrogen (secondary N) is 2. The summed E-state index contributed by atoms with van der Waals surface area (Å²) >= 11 is 0. The van der Waals surface area contributed by atoms with Gasteiger partial charge in [-0.25, -0.2) is 17.2 Å². The standard InChI is InChI=1S/C23H28F2N4O4S/c1-14-20(23(31)28-9-3-4-10-28)21(15(2)26-14)34(32,33)29-11-7-16(8-12-29)22(30)27-19-6-5-17(24)13-18(19)25/h5-6,13,16,26H,3-4,7-12H2,1-2H3,(H,27,30). The molecule has 2 saturated heterocycles. The monoisotopic (exact) mass is 494 g/mol. The van der Waals surface area contributed by atoms with Crippen LogP contribution in [0.2, 0.25) is 0 Å². The van der Waals surface area contributed by atoms with Gasteiger partial charge in [0.1, 0.15) is 16.5 Å². The average molecular weight is 495 g/mol. The first-order chi connectivity index (χ1) is 16.1. The molecule has 34 heavy (non-hydrogen) atoms. The SMILES string of the molecule is Cc1[nH]c(C)c(S(=O)(=O)N2CCC(C(=O)Nc3ccc(F)cc3F)CC2)c1C(=O)N1CCCC1. The Kier molecular flexibility index (Phi) is 6.77. The number of rotatable bonds is 5. The molecule has 184 valence electrons. The van der Waals surface area contributed by atoms with E-state index in [0.29, 0.717) is 30.5 Å². The van der Waals surface area contributed by atoms with Crippen LogP contribution in [0.4, 0.5) is 14.5 Å². The minimum Gasteiger partial charge on any atom is -0.361 e. The van der Waals surface area contributed by atoms with E-state index in [0.717, 1.165) is 25.0 Å². The number of aryl methyl sites for hydroxylation is 2. The molecule has 2 aromatic rings. The topological polar surface area (TPSA) is 103 Å². The van der Waals surface area contributed by atoms with Crippen LogP contribution in [-0.2, 0) is 14.8 Å². The number of carbonyl (C=O) groups excluding carboxylic acids is 2. The van der Waals surface area contributed by atoms with Crippen LogP contribution in [0.15, 0.2) is 23.1 Å². The predicted molar refractivity (Wildman–Crippen MR) is 122 cm³/mol. The van der Waals surface area contributed by atoms with Gasteiger partial charge in [0.05, 0.1) is 11.3 Å². The van der Waals surface area contributed by atoms with Crippen molar-refractivity contribution in [3.63, 3.8) is 0 Å². The van der Waals surface area contributed by atoms with Crippen molar-refractivity contribution in [1.29, 1.82) is 0 Å².